The average molecular weight is 516 g/mol. The number of alkyl halides is 3. The lowest BCUT2D eigenvalue weighted by atomic mass is 9.93. The van der Waals surface area contributed by atoms with Crippen LogP contribution in [-0.2, 0) is 24.6 Å². The third-order valence-corrected chi connectivity index (χ3v) is 6.27. The van der Waals surface area contributed by atoms with Crippen LogP contribution in [0.15, 0.2) is 85.5 Å². The van der Waals surface area contributed by atoms with Crippen LogP contribution in [0, 0.1) is 17.1 Å². The molecule has 0 saturated carbocycles. The summed E-state index contributed by atoms with van der Waals surface area (Å²) in [7, 11) is 1.78. The quantitative estimate of drug-likeness (QED) is 0.229. The number of ether oxygens (including phenoxy) is 1. The molecule has 5 aromatic rings. The zero-order chi connectivity index (χ0) is 26.9. The molecule has 0 radical (unpaired) electrons. The van der Waals surface area contributed by atoms with Crippen molar-refractivity contribution in [2.75, 3.05) is 0 Å². The number of para-hydroxylation sites is 1. The van der Waals surface area contributed by atoms with Crippen LogP contribution < -0.4 is 0 Å². The first-order valence-corrected chi connectivity index (χ1v) is 11.6. The number of fused-ring (bicyclic) bond motifs is 1. The van der Waals surface area contributed by atoms with Crippen LogP contribution in [0.5, 0.6) is 0 Å². The molecule has 0 fully saturated rings. The second-order valence-corrected chi connectivity index (χ2v) is 8.73. The number of nitriles is 1. The molecule has 0 N–H and O–H groups in total. The highest BCUT2D eigenvalue weighted by molar-refractivity contribution is 5.95. The van der Waals surface area contributed by atoms with Gasteiger partial charge in [-0.1, -0.05) is 36.4 Å². The number of hydrogen-bond donors (Lipinski definition) is 0. The Morgan fingerprint density at radius 1 is 1.03 bits per heavy atom. The van der Waals surface area contributed by atoms with Crippen LogP contribution in [0.1, 0.15) is 34.1 Å². The van der Waals surface area contributed by atoms with E-state index in [9.17, 15) is 22.8 Å². The van der Waals surface area contributed by atoms with E-state index in [-0.39, 0.29) is 12.2 Å². The summed E-state index contributed by atoms with van der Waals surface area (Å²) < 4.78 is 61.4. The first kappa shape index (κ1) is 25.1. The van der Waals surface area contributed by atoms with Gasteiger partial charge in [0.25, 0.3) is 0 Å². The van der Waals surface area contributed by atoms with Crippen LogP contribution in [-0.4, -0.2) is 14.5 Å². The number of benzene rings is 3. The molecule has 9 heteroatoms. The summed E-state index contributed by atoms with van der Waals surface area (Å²) in [5.74, 6) is -1.34. The zero-order valence-electron chi connectivity index (χ0n) is 20.1. The molecule has 1 unspecified atom stereocenters. The van der Waals surface area contributed by atoms with Crippen LogP contribution in [0.25, 0.3) is 22.0 Å². The first-order valence-electron chi connectivity index (χ1n) is 11.6. The number of imidazole rings is 1. The number of pyridine rings is 1. The standard InChI is InChI=1S/C29H20F4N4O/c1-37-17-35-15-26(37)28(38-16-18-7-10-25(30)24(12-18)29(31,32)33)20-8-9-21(14-34)23(13-20)22-6-2-4-19-5-3-11-36-27(19)22/h2-13,15,17,28H,16H2,1H3. The largest absolute Gasteiger partial charge is 0.419 e. The van der Waals surface area contributed by atoms with Crippen molar-refractivity contribution in [3.05, 3.63) is 119 Å². The fourth-order valence-corrected chi connectivity index (χ4v) is 4.40. The van der Waals surface area contributed by atoms with Crippen LogP contribution in [0.2, 0.25) is 0 Å². The van der Waals surface area contributed by atoms with Crippen molar-refractivity contribution in [1.82, 2.24) is 14.5 Å². The molecule has 0 bridgehead atoms. The minimum Gasteiger partial charge on any atom is -0.363 e. The summed E-state index contributed by atoms with van der Waals surface area (Å²) >= 11 is 0. The van der Waals surface area contributed by atoms with Gasteiger partial charge in [0.05, 0.1) is 47.5 Å². The lowest BCUT2D eigenvalue weighted by Crippen LogP contribution is -2.12. The summed E-state index contributed by atoms with van der Waals surface area (Å²) in [6.45, 7) is -0.218. The smallest absolute Gasteiger partial charge is 0.363 e. The SMILES string of the molecule is Cn1cncc1C(OCc1ccc(F)c(C(F)(F)F)c1)c1ccc(C#N)c(-c2cccc3cccnc23)c1. The Morgan fingerprint density at radius 3 is 2.58 bits per heavy atom. The number of aryl methyl sites for hydroxylation is 1. The molecule has 0 aliphatic heterocycles. The molecule has 0 aliphatic rings. The summed E-state index contributed by atoms with van der Waals surface area (Å²) in [5.41, 5.74) is 2.70. The van der Waals surface area contributed by atoms with Crippen molar-refractivity contribution in [1.29, 1.82) is 5.26 Å². The van der Waals surface area contributed by atoms with Crippen molar-refractivity contribution in [2.24, 2.45) is 7.05 Å². The van der Waals surface area contributed by atoms with Gasteiger partial charge in [-0.05, 0) is 41.5 Å². The van der Waals surface area contributed by atoms with E-state index >= 15 is 0 Å². The predicted molar refractivity (Wildman–Crippen MR) is 133 cm³/mol. The van der Waals surface area contributed by atoms with E-state index in [4.69, 9.17) is 4.74 Å². The fourth-order valence-electron chi connectivity index (χ4n) is 4.40. The van der Waals surface area contributed by atoms with Crippen molar-refractivity contribution in [3.8, 4) is 17.2 Å². The van der Waals surface area contributed by atoms with Gasteiger partial charge in [-0.3, -0.25) is 4.98 Å². The normalized spacial score (nSPS) is 12.4. The van der Waals surface area contributed by atoms with Gasteiger partial charge in [-0.2, -0.15) is 18.4 Å². The molecule has 5 rings (SSSR count). The van der Waals surface area contributed by atoms with Crippen LogP contribution >= 0.6 is 0 Å². The van der Waals surface area contributed by atoms with Gasteiger partial charge in [0.1, 0.15) is 11.9 Å². The van der Waals surface area contributed by atoms with E-state index in [0.717, 1.165) is 28.6 Å². The highest BCUT2D eigenvalue weighted by Crippen LogP contribution is 2.36. The second-order valence-electron chi connectivity index (χ2n) is 8.73. The highest BCUT2D eigenvalue weighted by atomic mass is 19.4. The zero-order valence-corrected chi connectivity index (χ0v) is 20.1. The maximum Gasteiger partial charge on any atom is 0.419 e. The Kier molecular flexibility index (Phi) is 6.66. The predicted octanol–water partition coefficient (Wildman–Crippen LogP) is 6.97. The molecule has 2 heterocycles. The minimum atomic E-state index is -4.82. The van der Waals surface area contributed by atoms with Gasteiger partial charge in [0, 0.05) is 29.8 Å². The third-order valence-electron chi connectivity index (χ3n) is 6.27. The van der Waals surface area contributed by atoms with Gasteiger partial charge < -0.3 is 9.30 Å². The molecule has 2 aromatic heterocycles. The molecule has 0 saturated heterocycles. The van der Waals surface area contributed by atoms with Crippen LogP contribution in [0.3, 0.4) is 0 Å². The first-order chi connectivity index (χ1) is 18.3. The number of nitrogens with zero attached hydrogens (tertiary/aromatic N) is 4. The van der Waals surface area contributed by atoms with E-state index in [1.807, 2.05) is 36.4 Å². The average Bonchev–Trinajstić information content (AvgIpc) is 3.34. The van der Waals surface area contributed by atoms with E-state index in [1.54, 1.807) is 42.5 Å². The second kappa shape index (κ2) is 10.1. The van der Waals surface area contributed by atoms with E-state index < -0.39 is 23.7 Å². The molecule has 1 atom stereocenters. The van der Waals surface area contributed by atoms with E-state index in [0.29, 0.717) is 22.4 Å². The van der Waals surface area contributed by atoms with Crippen molar-refractivity contribution < 1.29 is 22.3 Å². The van der Waals surface area contributed by atoms with Crippen molar-refractivity contribution in [2.45, 2.75) is 18.9 Å². The van der Waals surface area contributed by atoms with Crippen LogP contribution in [0.4, 0.5) is 17.6 Å². The Morgan fingerprint density at radius 2 is 1.84 bits per heavy atom. The summed E-state index contributed by atoms with van der Waals surface area (Å²) in [4.78, 5) is 8.66. The van der Waals surface area contributed by atoms with Gasteiger partial charge in [-0.25, -0.2) is 9.37 Å². The Hall–Kier alpha value is -4.55. The fraction of sp³-hybridized carbons (Fsp3) is 0.138. The minimum absolute atomic E-state index is 0.165. The summed E-state index contributed by atoms with van der Waals surface area (Å²) in [5, 5.41) is 10.7. The number of halogens is 4. The van der Waals surface area contributed by atoms with Gasteiger partial charge >= 0.3 is 6.18 Å². The number of hydrogen-bond acceptors (Lipinski definition) is 4. The lowest BCUT2D eigenvalue weighted by molar-refractivity contribution is -0.140. The monoisotopic (exact) mass is 516 g/mol. The van der Waals surface area contributed by atoms with Crippen molar-refractivity contribution >= 4 is 10.9 Å². The number of aromatic nitrogens is 3. The Bertz CT molecular complexity index is 1660. The molecule has 0 aliphatic carbocycles. The maximum atomic E-state index is 13.8. The van der Waals surface area contributed by atoms with Gasteiger partial charge in [-0.15, -0.1) is 0 Å². The van der Waals surface area contributed by atoms with Gasteiger partial charge in [0.15, 0.2) is 0 Å². The summed E-state index contributed by atoms with van der Waals surface area (Å²) in [6, 6.07) is 19.7. The van der Waals surface area contributed by atoms with E-state index in [2.05, 4.69) is 16.0 Å². The maximum absolute atomic E-state index is 13.8. The molecular weight excluding hydrogens is 496 g/mol. The topological polar surface area (TPSA) is 63.7 Å². The Balaban J connectivity index is 1.57. The Labute approximate surface area is 215 Å². The molecular formula is C29H20F4N4O. The van der Waals surface area contributed by atoms with Crippen molar-refractivity contribution in [3.63, 3.8) is 0 Å². The number of rotatable bonds is 6. The molecule has 190 valence electrons. The van der Waals surface area contributed by atoms with E-state index in [1.165, 1.54) is 6.07 Å². The lowest BCUT2D eigenvalue weighted by Gasteiger charge is -2.21. The highest BCUT2D eigenvalue weighted by Gasteiger charge is 2.34. The third kappa shape index (κ3) is 4.86. The molecule has 0 amide bonds. The molecule has 38 heavy (non-hydrogen) atoms. The van der Waals surface area contributed by atoms with Gasteiger partial charge in [0.2, 0.25) is 0 Å². The molecule has 5 nitrogen and oxygen atoms in total. The summed E-state index contributed by atoms with van der Waals surface area (Å²) in [6.07, 6.45) is -0.688. The molecule has 3 aromatic carbocycles. The molecule has 0 spiro atoms.